The SMILES string of the molecule is COc1ccc2c(c1)C(NCC1(CO)CCCCC1)CC2. The largest absolute Gasteiger partial charge is 0.497 e. The molecule has 116 valence electrons. The number of aryl methyl sites for hydroxylation is 1. The van der Waals surface area contributed by atoms with Crippen LogP contribution in [0.15, 0.2) is 18.2 Å². The maximum Gasteiger partial charge on any atom is 0.119 e. The Morgan fingerprint density at radius 3 is 2.81 bits per heavy atom. The second-order valence-electron chi connectivity index (χ2n) is 6.76. The minimum Gasteiger partial charge on any atom is -0.497 e. The first kappa shape index (κ1) is 14.9. The summed E-state index contributed by atoms with van der Waals surface area (Å²) in [5.41, 5.74) is 2.94. The number of hydrogen-bond donors (Lipinski definition) is 2. The van der Waals surface area contributed by atoms with Crippen molar-refractivity contribution in [2.75, 3.05) is 20.3 Å². The number of aliphatic hydroxyl groups is 1. The predicted octanol–water partition coefficient (Wildman–Crippen LogP) is 3.21. The molecule has 2 aliphatic carbocycles. The Kier molecular flexibility index (Phi) is 4.51. The summed E-state index contributed by atoms with van der Waals surface area (Å²) >= 11 is 0. The average molecular weight is 289 g/mol. The van der Waals surface area contributed by atoms with Gasteiger partial charge in [0.1, 0.15) is 5.75 Å². The first-order chi connectivity index (χ1) is 10.3. The molecule has 1 unspecified atom stereocenters. The molecule has 1 aromatic carbocycles. The third-order valence-corrected chi connectivity index (χ3v) is 5.40. The van der Waals surface area contributed by atoms with E-state index in [9.17, 15) is 5.11 Å². The van der Waals surface area contributed by atoms with Crippen LogP contribution in [0.2, 0.25) is 0 Å². The molecule has 3 heteroatoms. The summed E-state index contributed by atoms with van der Waals surface area (Å²) in [7, 11) is 1.72. The highest BCUT2D eigenvalue weighted by atomic mass is 16.5. The van der Waals surface area contributed by atoms with E-state index in [-0.39, 0.29) is 5.41 Å². The van der Waals surface area contributed by atoms with Gasteiger partial charge in [-0.15, -0.1) is 0 Å². The van der Waals surface area contributed by atoms with Crippen molar-refractivity contribution >= 4 is 0 Å². The minimum atomic E-state index is 0.111. The van der Waals surface area contributed by atoms with Crippen molar-refractivity contribution in [2.24, 2.45) is 5.41 Å². The van der Waals surface area contributed by atoms with Gasteiger partial charge in [0, 0.05) is 24.6 Å². The van der Waals surface area contributed by atoms with Crippen molar-refractivity contribution in [3.8, 4) is 5.75 Å². The van der Waals surface area contributed by atoms with Gasteiger partial charge in [0.15, 0.2) is 0 Å². The van der Waals surface area contributed by atoms with Crippen molar-refractivity contribution in [1.82, 2.24) is 5.32 Å². The molecular formula is C18H27NO2. The molecule has 0 radical (unpaired) electrons. The second kappa shape index (κ2) is 6.37. The van der Waals surface area contributed by atoms with Crippen LogP contribution in [0.3, 0.4) is 0 Å². The Morgan fingerprint density at radius 2 is 2.10 bits per heavy atom. The van der Waals surface area contributed by atoms with Gasteiger partial charge in [-0.1, -0.05) is 25.3 Å². The summed E-state index contributed by atoms with van der Waals surface area (Å²) < 4.78 is 5.36. The summed E-state index contributed by atoms with van der Waals surface area (Å²) in [4.78, 5) is 0. The molecule has 2 N–H and O–H groups in total. The Hall–Kier alpha value is -1.06. The molecule has 0 saturated heterocycles. The quantitative estimate of drug-likeness (QED) is 0.874. The lowest BCUT2D eigenvalue weighted by Gasteiger charge is -2.36. The smallest absolute Gasteiger partial charge is 0.119 e. The number of ether oxygens (including phenoxy) is 1. The lowest BCUT2D eigenvalue weighted by Crippen LogP contribution is -2.40. The van der Waals surface area contributed by atoms with Gasteiger partial charge in [-0.2, -0.15) is 0 Å². The van der Waals surface area contributed by atoms with E-state index in [0.717, 1.165) is 38.0 Å². The minimum absolute atomic E-state index is 0.111. The predicted molar refractivity (Wildman–Crippen MR) is 84.7 cm³/mol. The monoisotopic (exact) mass is 289 g/mol. The highest BCUT2D eigenvalue weighted by molar-refractivity contribution is 5.40. The molecule has 0 aromatic heterocycles. The van der Waals surface area contributed by atoms with Crippen molar-refractivity contribution in [3.63, 3.8) is 0 Å². The summed E-state index contributed by atoms with van der Waals surface area (Å²) in [5, 5.41) is 13.6. The van der Waals surface area contributed by atoms with Gasteiger partial charge in [0.25, 0.3) is 0 Å². The standard InChI is InChI=1S/C18H27NO2/c1-21-15-7-5-14-6-8-17(16(14)11-15)19-12-18(13-20)9-3-2-4-10-18/h5,7,11,17,19-20H,2-4,6,8-10,12-13H2,1H3. The fraction of sp³-hybridized carbons (Fsp3) is 0.667. The van der Waals surface area contributed by atoms with Gasteiger partial charge in [-0.3, -0.25) is 0 Å². The lowest BCUT2D eigenvalue weighted by molar-refractivity contribution is 0.0783. The molecule has 21 heavy (non-hydrogen) atoms. The van der Waals surface area contributed by atoms with E-state index in [1.165, 1.54) is 30.4 Å². The lowest BCUT2D eigenvalue weighted by atomic mass is 9.74. The molecule has 0 bridgehead atoms. The normalized spacial score (nSPS) is 23.8. The summed E-state index contributed by atoms with van der Waals surface area (Å²) in [6, 6.07) is 6.84. The molecule has 0 aliphatic heterocycles. The van der Waals surface area contributed by atoms with Crippen LogP contribution in [0.4, 0.5) is 0 Å². The van der Waals surface area contributed by atoms with E-state index in [2.05, 4.69) is 23.5 Å². The van der Waals surface area contributed by atoms with E-state index in [1.807, 2.05) is 0 Å². The van der Waals surface area contributed by atoms with Gasteiger partial charge < -0.3 is 15.2 Å². The zero-order chi connectivity index (χ0) is 14.7. The number of rotatable bonds is 5. The van der Waals surface area contributed by atoms with Crippen LogP contribution in [0.25, 0.3) is 0 Å². The molecule has 2 aliphatic rings. The van der Waals surface area contributed by atoms with E-state index in [4.69, 9.17) is 4.74 Å². The Labute approximate surface area is 127 Å². The molecule has 1 aromatic rings. The molecular weight excluding hydrogens is 262 g/mol. The van der Waals surface area contributed by atoms with Crippen molar-refractivity contribution in [1.29, 1.82) is 0 Å². The Bertz CT molecular complexity index is 480. The van der Waals surface area contributed by atoms with Crippen LogP contribution in [0, 0.1) is 5.41 Å². The number of hydrogen-bond acceptors (Lipinski definition) is 3. The maximum absolute atomic E-state index is 9.83. The first-order valence-corrected chi connectivity index (χ1v) is 8.27. The highest BCUT2D eigenvalue weighted by Gasteiger charge is 2.33. The molecule has 0 heterocycles. The Morgan fingerprint density at radius 1 is 1.29 bits per heavy atom. The van der Waals surface area contributed by atoms with E-state index in [0.29, 0.717) is 12.6 Å². The maximum atomic E-state index is 9.83. The zero-order valence-corrected chi connectivity index (χ0v) is 13.0. The van der Waals surface area contributed by atoms with E-state index < -0.39 is 0 Å². The number of aliphatic hydroxyl groups excluding tert-OH is 1. The number of fused-ring (bicyclic) bond motifs is 1. The van der Waals surface area contributed by atoms with Crippen LogP contribution in [0.5, 0.6) is 5.75 Å². The zero-order valence-electron chi connectivity index (χ0n) is 13.0. The van der Waals surface area contributed by atoms with Crippen molar-refractivity contribution in [3.05, 3.63) is 29.3 Å². The highest BCUT2D eigenvalue weighted by Crippen LogP contribution is 2.38. The second-order valence-corrected chi connectivity index (χ2v) is 6.76. The van der Waals surface area contributed by atoms with E-state index >= 15 is 0 Å². The van der Waals surface area contributed by atoms with Crippen LogP contribution < -0.4 is 10.1 Å². The molecule has 1 atom stereocenters. The summed E-state index contributed by atoms with van der Waals surface area (Å²) in [6.07, 6.45) is 8.47. The van der Waals surface area contributed by atoms with Gasteiger partial charge >= 0.3 is 0 Å². The summed E-state index contributed by atoms with van der Waals surface area (Å²) in [5.74, 6) is 0.942. The number of nitrogens with one attached hydrogen (secondary N) is 1. The summed E-state index contributed by atoms with van der Waals surface area (Å²) in [6.45, 7) is 1.25. The number of methoxy groups -OCH3 is 1. The molecule has 3 nitrogen and oxygen atoms in total. The molecule has 1 saturated carbocycles. The van der Waals surface area contributed by atoms with Gasteiger partial charge in [-0.25, -0.2) is 0 Å². The fourth-order valence-electron chi connectivity index (χ4n) is 3.95. The van der Waals surface area contributed by atoms with Crippen molar-refractivity contribution in [2.45, 2.75) is 51.0 Å². The third-order valence-electron chi connectivity index (χ3n) is 5.40. The molecule has 3 rings (SSSR count). The van der Waals surface area contributed by atoms with Crippen LogP contribution in [-0.2, 0) is 6.42 Å². The first-order valence-electron chi connectivity index (χ1n) is 8.27. The molecule has 1 fully saturated rings. The van der Waals surface area contributed by atoms with Crippen molar-refractivity contribution < 1.29 is 9.84 Å². The third kappa shape index (κ3) is 3.09. The van der Waals surface area contributed by atoms with Gasteiger partial charge in [0.05, 0.1) is 7.11 Å². The average Bonchev–Trinajstić information content (AvgIpc) is 2.96. The molecule has 0 spiro atoms. The van der Waals surface area contributed by atoms with Gasteiger partial charge in [0.2, 0.25) is 0 Å². The van der Waals surface area contributed by atoms with Crippen LogP contribution >= 0.6 is 0 Å². The topological polar surface area (TPSA) is 41.5 Å². The van der Waals surface area contributed by atoms with E-state index in [1.54, 1.807) is 7.11 Å². The van der Waals surface area contributed by atoms with Crippen LogP contribution in [-0.4, -0.2) is 25.4 Å². The van der Waals surface area contributed by atoms with Gasteiger partial charge in [-0.05, 0) is 48.9 Å². The number of benzene rings is 1. The fourth-order valence-corrected chi connectivity index (χ4v) is 3.95. The van der Waals surface area contributed by atoms with Crippen LogP contribution in [0.1, 0.15) is 55.7 Å². The molecule has 0 amide bonds. The Balaban J connectivity index is 1.67.